The highest BCUT2D eigenvalue weighted by molar-refractivity contribution is 7.91. The molecule has 0 saturated carbocycles. The number of ether oxygens (including phenoxy) is 1. The zero-order valence-corrected chi connectivity index (χ0v) is 20.2. The molecule has 35 heavy (non-hydrogen) atoms. The third-order valence-corrected chi connectivity index (χ3v) is 7.81. The molecule has 0 radical (unpaired) electrons. The van der Waals surface area contributed by atoms with Crippen LogP contribution < -0.4 is 9.64 Å². The van der Waals surface area contributed by atoms with Gasteiger partial charge in [-0.3, -0.25) is 0 Å². The molecule has 9 nitrogen and oxygen atoms in total. The highest BCUT2D eigenvalue weighted by Gasteiger charge is 2.22. The molecule has 2 aromatic heterocycles. The first kappa shape index (κ1) is 23.1. The van der Waals surface area contributed by atoms with Gasteiger partial charge in [-0.1, -0.05) is 29.8 Å². The van der Waals surface area contributed by atoms with E-state index in [1.807, 2.05) is 29.2 Å². The molecule has 1 saturated heterocycles. The molecular weight excluding hydrogens is 492 g/mol. The second-order valence-electron chi connectivity index (χ2n) is 8.30. The Kier molecular flexibility index (Phi) is 5.86. The molecule has 0 aliphatic carbocycles. The number of rotatable bonds is 5. The van der Waals surface area contributed by atoms with E-state index in [-0.39, 0.29) is 23.1 Å². The average molecular weight is 513 g/mol. The lowest BCUT2D eigenvalue weighted by atomic mass is 10.1. The maximum Gasteiger partial charge on any atom is 0.336 e. The van der Waals surface area contributed by atoms with Crippen molar-refractivity contribution in [2.45, 2.75) is 6.92 Å². The minimum atomic E-state index is -2.94. The van der Waals surface area contributed by atoms with Gasteiger partial charge in [0, 0.05) is 24.3 Å². The molecule has 2 aromatic carbocycles. The largest absolute Gasteiger partial charge is 0.478 e. The summed E-state index contributed by atoms with van der Waals surface area (Å²) in [5, 5.41) is 9.75. The summed E-state index contributed by atoms with van der Waals surface area (Å²) in [4.78, 5) is 25.4. The molecule has 4 aromatic rings. The van der Waals surface area contributed by atoms with Crippen LogP contribution in [0.3, 0.4) is 0 Å². The maximum atomic E-state index is 11.7. The number of aromatic carboxylic acids is 1. The Labute approximate surface area is 206 Å². The maximum absolute atomic E-state index is 11.7. The second-order valence-corrected chi connectivity index (χ2v) is 11.0. The van der Waals surface area contributed by atoms with E-state index in [9.17, 15) is 18.3 Å². The van der Waals surface area contributed by atoms with Gasteiger partial charge >= 0.3 is 12.0 Å². The number of sulfone groups is 1. The minimum absolute atomic E-state index is 0.150. The fraction of sp³-hybridized carbons (Fsp3) is 0.208. The Balaban J connectivity index is 1.39. The van der Waals surface area contributed by atoms with Crippen molar-refractivity contribution in [3.63, 3.8) is 0 Å². The number of anilines is 1. The standard InChI is InChI=1S/C24H21ClN4O5S/c1-14-2-7-17(12-18(14)23(30)31)34-24-26-20-13-19(25)21(27-22(20)28-24)15-3-5-16(6-4-15)29-8-10-35(32,33)11-9-29/h2-7,12-13H,8-11H2,1H3,(H,30,31)(H,26,27,28). The van der Waals surface area contributed by atoms with E-state index in [2.05, 4.69) is 15.0 Å². The molecule has 0 amide bonds. The van der Waals surface area contributed by atoms with Crippen LogP contribution in [0.4, 0.5) is 5.69 Å². The van der Waals surface area contributed by atoms with Crippen LogP contribution in [-0.4, -0.2) is 59.0 Å². The van der Waals surface area contributed by atoms with Gasteiger partial charge in [0.05, 0.1) is 33.3 Å². The number of hydrogen-bond donors (Lipinski definition) is 2. The van der Waals surface area contributed by atoms with Crippen molar-refractivity contribution in [2.24, 2.45) is 0 Å². The highest BCUT2D eigenvalue weighted by atomic mass is 35.5. The molecule has 1 fully saturated rings. The number of aryl methyl sites for hydroxylation is 1. The molecule has 0 bridgehead atoms. The summed E-state index contributed by atoms with van der Waals surface area (Å²) in [7, 11) is -2.94. The van der Waals surface area contributed by atoms with Crippen LogP contribution in [-0.2, 0) is 9.84 Å². The Morgan fingerprint density at radius 1 is 1.09 bits per heavy atom. The van der Waals surface area contributed by atoms with E-state index >= 15 is 0 Å². The fourth-order valence-electron chi connectivity index (χ4n) is 3.95. The number of nitrogens with one attached hydrogen (secondary N) is 1. The smallest absolute Gasteiger partial charge is 0.336 e. The number of carbonyl (C=O) groups is 1. The van der Waals surface area contributed by atoms with Crippen LogP contribution in [0.2, 0.25) is 5.02 Å². The topological polar surface area (TPSA) is 125 Å². The van der Waals surface area contributed by atoms with Gasteiger partial charge in [0.15, 0.2) is 15.5 Å². The van der Waals surface area contributed by atoms with Crippen LogP contribution in [0.1, 0.15) is 15.9 Å². The van der Waals surface area contributed by atoms with E-state index in [1.54, 1.807) is 25.1 Å². The average Bonchev–Trinajstić information content (AvgIpc) is 3.20. The molecule has 0 unspecified atom stereocenters. The summed E-state index contributed by atoms with van der Waals surface area (Å²) in [6, 6.07) is 14.3. The molecule has 0 spiro atoms. The SMILES string of the molecule is Cc1ccc(Oc2nc3nc(-c4ccc(N5CCS(=O)(=O)CC5)cc4)c(Cl)cc3[nH]2)cc1C(=O)O. The molecule has 1 aliphatic heterocycles. The van der Waals surface area contributed by atoms with Crippen molar-refractivity contribution in [1.29, 1.82) is 0 Å². The van der Waals surface area contributed by atoms with Gasteiger partial charge in [0.1, 0.15) is 5.75 Å². The molecule has 1 aliphatic rings. The van der Waals surface area contributed by atoms with Crippen molar-refractivity contribution in [3.05, 3.63) is 64.7 Å². The molecule has 2 N–H and O–H groups in total. The number of nitrogens with zero attached hydrogens (tertiary/aromatic N) is 3. The van der Waals surface area contributed by atoms with Crippen molar-refractivity contribution >= 4 is 44.3 Å². The molecule has 5 rings (SSSR count). The fourth-order valence-corrected chi connectivity index (χ4v) is 5.42. The Bertz CT molecular complexity index is 1540. The van der Waals surface area contributed by atoms with Crippen molar-refractivity contribution in [3.8, 4) is 23.0 Å². The summed E-state index contributed by atoms with van der Waals surface area (Å²) >= 11 is 6.51. The van der Waals surface area contributed by atoms with Gasteiger partial charge in [-0.05, 0) is 42.8 Å². The van der Waals surface area contributed by atoms with E-state index in [0.717, 1.165) is 11.3 Å². The van der Waals surface area contributed by atoms with Crippen LogP contribution in [0.15, 0.2) is 48.5 Å². The van der Waals surface area contributed by atoms with E-state index in [0.29, 0.717) is 46.3 Å². The number of carboxylic acid groups (broad SMARTS) is 1. The monoisotopic (exact) mass is 512 g/mol. The second kappa shape index (κ2) is 8.86. The number of pyridine rings is 1. The third kappa shape index (κ3) is 4.80. The van der Waals surface area contributed by atoms with Crippen LogP contribution in [0.25, 0.3) is 22.4 Å². The molecule has 180 valence electrons. The number of aromatic amines is 1. The zero-order valence-electron chi connectivity index (χ0n) is 18.7. The predicted octanol–water partition coefficient (Wildman–Crippen LogP) is 4.31. The van der Waals surface area contributed by atoms with Crippen molar-refractivity contribution < 1.29 is 23.1 Å². The first-order valence-electron chi connectivity index (χ1n) is 10.8. The summed E-state index contributed by atoms with van der Waals surface area (Å²) in [5.74, 6) is -0.392. The van der Waals surface area contributed by atoms with E-state index in [1.165, 1.54) is 6.07 Å². The normalized spacial score (nSPS) is 15.3. The van der Waals surface area contributed by atoms with Gasteiger partial charge in [0.2, 0.25) is 0 Å². The minimum Gasteiger partial charge on any atom is -0.478 e. The number of hydrogen-bond acceptors (Lipinski definition) is 7. The van der Waals surface area contributed by atoms with Crippen LogP contribution in [0.5, 0.6) is 11.8 Å². The molecule has 3 heterocycles. The number of aromatic nitrogens is 3. The number of H-pyrrole nitrogens is 1. The lowest BCUT2D eigenvalue weighted by molar-refractivity contribution is 0.0695. The van der Waals surface area contributed by atoms with Gasteiger partial charge < -0.3 is 19.7 Å². The molecule has 0 atom stereocenters. The van der Waals surface area contributed by atoms with Gasteiger partial charge in [-0.25, -0.2) is 18.2 Å². The first-order chi connectivity index (χ1) is 16.7. The summed E-state index contributed by atoms with van der Waals surface area (Å²) in [6.45, 7) is 2.65. The Morgan fingerprint density at radius 2 is 1.80 bits per heavy atom. The summed E-state index contributed by atoms with van der Waals surface area (Å²) in [6.07, 6.45) is 0. The van der Waals surface area contributed by atoms with Crippen LogP contribution in [0, 0.1) is 6.92 Å². The lowest BCUT2D eigenvalue weighted by Crippen LogP contribution is -2.40. The first-order valence-corrected chi connectivity index (χ1v) is 13.0. The highest BCUT2D eigenvalue weighted by Crippen LogP contribution is 2.32. The predicted molar refractivity (Wildman–Crippen MR) is 133 cm³/mol. The third-order valence-electron chi connectivity index (χ3n) is 5.91. The number of carboxylic acids is 1. The van der Waals surface area contributed by atoms with Crippen molar-refractivity contribution in [2.75, 3.05) is 29.5 Å². The number of halogens is 1. The Morgan fingerprint density at radius 3 is 2.49 bits per heavy atom. The number of benzene rings is 2. The van der Waals surface area contributed by atoms with Crippen molar-refractivity contribution in [1.82, 2.24) is 15.0 Å². The van der Waals surface area contributed by atoms with Crippen LogP contribution >= 0.6 is 11.6 Å². The van der Waals surface area contributed by atoms with E-state index in [4.69, 9.17) is 16.3 Å². The number of fused-ring (bicyclic) bond motifs is 1. The van der Waals surface area contributed by atoms with Gasteiger partial charge in [-0.15, -0.1) is 0 Å². The van der Waals surface area contributed by atoms with Gasteiger partial charge in [0.25, 0.3) is 0 Å². The quantitative estimate of drug-likeness (QED) is 0.405. The van der Waals surface area contributed by atoms with Gasteiger partial charge in [-0.2, -0.15) is 4.98 Å². The summed E-state index contributed by atoms with van der Waals surface area (Å²) in [5.41, 5.74) is 4.03. The summed E-state index contributed by atoms with van der Waals surface area (Å²) < 4.78 is 29.1. The Hall–Kier alpha value is -3.63. The molecule has 11 heteroatoms. The lowest BCUT2D eigenvalue weighted by Gasteiger charge is -2.28. The number of imidazole rings is 1. The molecular formula is C24H21ClN4O5S. The van der Waals surface area contributed by atoms with E-state index < -0.39 is 15.8 Å². The zero-order chi connectivity index (χ0) is 24.7.